The molecule has 1 atom stereocenters. The van der Waals surface area contributed by atoms with Crippen molar-refractivity contribution in [3.63, 3.8) is 0 Å². The first-order valence-corrected chi connectivity index (χ1v) is 12.2. The van der Waals surface area contributed by atoms with Crippen LogP contribution in [0.5, 0.6) is 0 Å². The van der Waals surface area contributed by atoms with Crippen molar-refractivity contribution in [2.75, 3.05) is 9.62 Å². The molecule has 3 aromatic carbocycles. The maximum atomic E-state index is 13.0. The van der Waals surface area contributed by atoms with E-state index in [4.69, 9.17) is 0 Å². The number of nitrogens with zero attached hydrogens (tertiary/aromatic N) is 1. The Kier molecular flexibility index (Phi) is 6.47. The first-order chi connectivity index (χ1) is 16.3. The second-order valence-corrected chi connectivity index (χ2v) is 9.56. The Morgan fingerprint density at radius 1 is 0.853 bits per heavy atom. The molecule has 3 aromatic rings. The summed E-state index contributed by atoms with van der Waals surface area (Å²) in [7, 11) is -4.04. The van der Waals surface area contributed by atoms with Gasteiger partial charge in [-0.3, -0.25) is 24.0 Å². The van der Waals surface area contributed by atoms with E-state index >= 15 is 0 Å². The fourth-order valence-electron chi connectivity index (χ4n) is 3.71. The number of imide groups is 1. The molecule has 1 heterocycles. The summed E-state index contributed by atoms with van der Waals surface area (Å²) in [6, 6.07) is 20.9. The molecular weight excluding hydrogens is 454 g/mol. The Morgan fingerprint density at radius 3 is 2.09 bits per heavy atom. The van der Waals surface area contributed by atoms with Gasteiger partial charge in [0.1, 0.15) is 0 Å². The SMILES string of the molecule is CC(NC(=O)c1ccccc1NS(=O)(=O)c1ccc(N2C(=O)CCC2=O)cc1)c1ccccc1. The highest BCUT2D eigenvalue weighted by atomic mass is 32.2. The molecule has 0 bridgehead atoms. The van der Waals surface area contributed by atoms with Crippen molar-refractivity contribution in [2.24, 2.45) is 0 Å². The van der Waals surface area contributed by atoms with Gasteiger partial charge in [-0.1, -0.05) is 42.5 Å². The number of para-hydroxylation sites is 1. The van der Waals surface area contributed by atoms with Crippen molar-refractivity contribution >= 4 is 39.1 Å². The normalized spacial score (nSPS) is 14.7. The van der Waals surface area contributed by atoms with Crippen molar-refractivity contribution in [2.45, 2.75) is 30.7 Å². The lowest BCUT2D eigenvalue weighted by molar-refractivity contribution is -0.121. The molecule has 9 heteroatoms. The third kappa shape index (κ3) is 4.84. The van der Waals surface area contributed by atoms with Gasteiger partial charge in [-0.05, 0) is 48.9 Å². The summed E-state index contributed by atoms with van der Waals surface area (Å²) in [5.74, 6) is -1.05. The molecule has 1 aliphatic rings. The van der Waals surface area contributed by atoms with Gasteiger partial charge in [-0.25, -0.2) is 8.42 Å². The lowest BCUT2D eigenvalue weighted by Gasteiger charge is -2.17. The fraction of sp³-hybridized carbons (Fsp3) is 0.160. The second kappa shape index (κ2) is 9.48. The van der Waals surface area contributed by atoms with Gasteiger partial charge in [0, 0.05) is 12.8 Å². The lowest BCUT2D eigenvalue weighted by atomic mass is 10.1. The molecule has 0 aromatic heterocycles. The predicted molar refractivity (Wildman–Crippen MR) is 128 cm³/mol. The molecule has 0 radical (unpaired) electrons. The maximum absolute atomic E-state index is 13.0. The van der Waals surface area contributed by atoms with Gasteiger partial charge in [0.25, 0.3) is 15.9 Å². The van der Waals surface area contributed by atoms with Crippen LogP contribution in [0.1, 0.15) is 41.7 Å². The molecule has 0 aliphatic carbocycles. The number of nitrogens with one attached hydrogen (secondary N) is 2. The van der Waals surface area contributed by atoms with E-state index in [1.54, 1.807) is 18.2 Å². The van der Waals surface area contributed by atoms with Crippen molar-refractivity contribution in [3.05, 3.63) is 90.0 Å². The highest BCUT2D eigenvalue weighted by Gasteiger charge is 2.30. The largest absolute Gasteiger partial charge is 0.345 e. The lowest BCUT2D eigenvalue weighted by Crippen LogP contribution is -2.28. The van der Waals surface area contributed by atoms with E-state index in [0.29, 0.717) is 5.69 Å². The minimum absolute atomic E-state index is 0.0665. The summed E-state index contributed by atoms with van der Waals surface area (Å²) in [5.41, 5.74) is 1.55. The van der Waals surface area contributed by atoms with Gasteiger partial charge in [0.15, 0.2) is 0 Å². The van der Waals surface area contributed by atoms with E-state index in [2.05, 4.69) is 10.0 Å². The van der Waals surface area contributed by atoms with Gasteiger partial charge in [0.05, 0.1) is 27.9 Å². The number of anilines is 2. The van der Waals surface area contributed by atoms with Gasteiger partial charge in [-0.15, -0.1) is 0 Å². The van der Waals surface area contributed by atoms with Crippen molar-refractivity contribution in [1.29, 1.82) is 0 Å². The minimum atomic E-state index is -4.04. The molecule has 1 saturated heterocycles. The smallest absolute Gasteiger partial charge is 0.261 e. The molecule has 0 saturated carbocycles. The standard InChI is InChI=1S/C25H23N3O5S/c1-17(18-7-3-2-4-8-18)26-25(31)21-9-5-6-10-22(21)27-34(32,33)20-13-11-19(12-14-20)28-23(29)15-16-24(28)30/h2-14,17,27H,15-16H2,1H3,(H,26,31). The van der Waals surface area contributed by atoms with Gasteiger partial charge < -0.3 is 5.32 Å². The Bertz CT molecular complexity index is 1320. The van der Waals surface area contributed by atoms with Gasteiger partial charge in [0.2, 0.25) is 11.8 Å². The summed E-state index contributed by atoms with van der Waals surface area (Å²) >= 11 is 0. The summed E-state index contributed by atoms with van der Waals surface area (Å²) < 4.78 is 28.4. The predicted octanol–water partition coefficient (Wildman–Crippen LogP) is 3.63. The minimum Gasteiger partial charge on any atom is -0.345 e. The van der Waals surface area contributed by atoms with E-state index in [9.17, 15) is 22.8 Å². The molecule has 34 heavy (non-hydrogen) atoms. The molecular formula is C25H23N3O5S. The van der Waals surface area contributed by atoms with Crippen LogP contribution in [-0.2, 0) is 19.6 Å². The quantitative estimate of drug-likeness (QED) is 0.505. The zero-order valence-corrected chi connectivity index (χ0v) is 19.2. The van der Waals surface area contributed by atoms with Crippen molar-refractivity contribution < 1.29 is 22.8 Å². The number of amides is 3. The Morgan fingerprint density at radius 2 is 1.44 bits per heavy atom. The molecule has 2 N–H and O–H groups in total. The van der Waals surface area contributed by atoms with E-state index in [1.165, 1.54) is 30.3 Å². The van der Waals surface area contributed by atoms with Crippen LogP contribution in [0.2, 0.25) is 0 Å². The Balaban J connectivity index is 1.53. The average molecular weight is 478 g/mol. The van der Waals surface area contributed by atoms with Crippen LogP contribution >= 0.6 is 0 Å². The molecule has 4 rings (SSSR count). The number of hydrogen-bond donors (Lipinski definition) is 2. The highest BCUT2D eigenvalue weighted by molar-refractivity contribution is 7.92. The van der Waals surface area contributed by atoms with Crippen LogP contribution in [0.15, 0.2) is 83.8 Å². The summed E-state index contributed by atoms with van der Waals surface area (Å²) in [6.45, 7) is 1.84. The molecule has 174 valence electrons. The van der Waals surface area contributed by atoms with E-state index in [1.807, 2.05) is 37.3 Å². The number of benzene rings is 3. The average Bonchev–Trinajstić information content (AvgIpc) is 3.17. The number of hydrogen-bond acceptors (Lipinski definition) is 5. The van der Waals surface area contributed by atoms with Crippen LogP contribution in [0.4, 0.5) is 11.4 Å². The van der Waals surface area contributed by atoms with E-state index < -0.39 is 15.9 Å². The molecule has 3 amide bonds. The Labute approximate surface area is 197 Å². The zero-order valence-electron chi connectivity index (χ0n) is 18.4. The zero-order chi connectivity index (χ0) is 24.3. The van der Waals surface area contributed by atoms with E-state index in [0.717, 1.165) is 10.5 Å². The van der Waals surface area contributed by atoms with Crippen LogP contribution in [-0.4, -0.2) is 26.1 Å². The van der Waals surface area contributed by atoms with Crippen LogP contribution in [0.3, 0.4) is 0 Å². The van der Waals surface area contributed by atoms with E-state index in [-0.39, 0.29) is 46.8 Å². The molecule has 0 spiro atoms. The number of carbonyl (C=O) groups excluding carboxylic acids is 3. The summed E-state index contributed by atoms with van der Waals surface area (Å²) in [6.07, 6.45) is 0.282. The number of rotatable bonds is 7. The number of sulfonamides is 1. The Hall–Kier alpha value is -3.98. The van der Waals surface area contributed by atoms with Crippen LogP contribution < -0.4 is 14.9 Å². The van der Waals surface area contributed by atoms with Gasteiger partial charge >= 0.3 is 0 Å². The van der Waals surface area contributed by atoms with Crippen LogP contribution in [0, 0.1) is 0 Å². The maximum Gasteiger partial charge on any atom is 0.261 e. The first kappa shape index (κ1) is 23.2. The first-order valence-electron chi connectivity index (χ1n) is 10.7. The topological polar surface area (TPSA) is 113 Å². The van der Waals surface area contributed by atoms with Crippen molar-refractivity contribution in [3.8, 4) is 0 Å². The second-order valence-electron chi connectivity index (χ2n) is 7.87. The highest BCUT2D eigenvalue weighted by Crippen LogP contribution is 2.26. The molecule has 8 nitrogen and oxygen atoms in total. The molecule has 1 aliphatic heterocycles. The molecule has 1 unspecified atom stereocenters. The number of carbonyl (C=O) groups is 3. The fourth-order valence-corrected chi connectivity index (χ4v) is 4.79. The van der Waals surface area contributed by atoms with Gasteiger partial charge in [-0.2, -0.15) is 0 Å². The summed E-state index contributed by atoms with van der Waals surface area (Å²) in [5, 5.41) is 2.88. The van der Waals surface area contributed by atoms with Crippen LogP contribution in [0.25, 0.3) is 0 Å². The molecule has 1 fully saturated rings. The third-order valence-electron chi connectivity index (χ3n) is 5.52. The monoisotopic (exact) mass is 477 g/mol. The summed E-state index contributed by atoms with van der Waals surface area (Å²) in [4.78, 5) is 37.7. The van der Waals surface area contributed by atoms with Crippen molar-refractivity contribution in [1.82, 2.24) is 5.32 Å². The third-order valence-corrected chi connectivity index (χ3v) is 6.90.